The number of nitrogens with zero attached hydrogens (tertiary/aromatic N) is 4. The van der Waals surface area contributed by atoms with Gasteiger partial charge in [0, 0.05) is 10.9 Å². The molecule has 0 aliphatic rings. The number of hydrogen-bond donors (Lipinski definition) is 1. The third-order valence-electron chi connectivity index (χ3n) is 3.03. The first-order valence-corrected chi connectivity index (χ1v) is 8.71. The molecule has 0 saturated carbocycles. The largest absolute Gasteiger partial charge is 0.276 e. The van der Waals surface area contributed by atoms with E-state index in [1.165, 1.54) is 11.3 Å². The molecule has 1 aromatic heterocycles. The normalized spacial score (nSPS) is 12.2. The zero-order chi connectivity index (χ0) is 16.1. The van der Waals surface area contributed by atoms with Gasteiger partial charge in [0.25, 0.3) is 0 Å². The van der Waals surface area contributed by atoms with Crippen LogP contribution in [0.1, 0.15) is 13.3 Å². The van der Waals surface area contributed by atoms with E-state index < -0.39 is 0 Å². The maximum Gasteiger partial charge on any atom is 0.231 e. The maximum absolute atomic E-state index is 4.43. The number of para-hydroxylation sites is 2. The van der Waals surface area contributed by atoms with Crippen LogP contribution in [0.15, 0.2) is 68.3 Å². The highest BCUT2D eigenvalue weighted by molar-refractivity contribution is 9.10. The Labute approximate surface area is 146 Å². The van der Waals surface area contributed by atoms with Crippen molar-refractivity contribution in [2.45, 2.75) is 13.3 Å². The zero-order valence-electron chi connectivity index (χ0n) is 12.4. The molecule has 0 bridgehead atoms. The molecule has 0 unspecified atom stereocenters. The fourth-order valence-electron chi connectivity index (χ4n) is 1.85. The first kappa shape index (κ1) is 15.8. The SMILES string of the molecule is CCC(N=Nc1nc2ccccc2s1)=NNc1ccccc1Br. The quantitative estimate of drug-likeness (QED) is 0.259. The molecule has 0 spiro atoms. The molecule has 1 N–H and O–H groups in total. The molecule has 0 fully saturated rings. The topological polar surface area (TPSA) is 62.0 Å². The lowest BCUT2D eigenvalue weighted by Gasteiger charge is -2.03. The smallest absolute Gasteiger partial charge is 0.231 e. The van der Waals surface area contributed by atoms with Crippen LogP contribution in [0.4, 0.5) is 10.8 Å². The van der Waals surface area contributed by atoms with Gasteiger partial charge in [0.15, 0.2) is 5.84 Å². The van der Waals surface area contributed by atoms with Gasteiger partial charge in [-0.2, -0.15) is 5.10 Å². The summed E-state index contributed by atoms with van der Waals surface area (Å²) in [6.45, 7) is 1.98. The number of nitrogens with one attached hydrogen (secondary N) is 1. The summed E-state index contributed by atoms with van der Waals surface area (Å²) in [7, 11) is 0. The number of fused-ring (bicyclic) bond motifs is 1. The molecule has 0 aliphatic heterocycles. The van der Waals surface area contributed by atoms with Crippen molar-refractivity contribution in [2.75, 3.05) is 5.43 Å². The number of amidine groups is 1. The molecule has 5 nitrogen and oxygen atoms in total. The molecule has 0 radical (unpaired) electrons. The summed E-state index contributed by atoms with van der Waals surface area (Å²) < 4.78 is 2.05. The Bertz CT molecular complexity index is 839. The highest BCUT2D eigenvalue weighted by atomic mass is 79.9. The Morgan fingerprint density at radius 3 is 2.74 bits per heavy atom. The second kappa shape index (κ2) is 7.43. The minimum Gasteiger partial charge on any atom is -0.276 e. The summed E-state index contributed by atoms with van der Waals surface area (Å²) in [5, 5.41) is 13.3. The van der Waals surface area contributed by atoms with Crippen molar-refractivity contribution in [3.8, 4) is 0 Å². The van der Waals surface area contributed by atoms with Gasteiger partial charge in [-0.15, -0.1) is 10.2 Å². The lowest BCUT2D eigenvalue weighted by Crippen LogP contribution is -1.97. The zero-order valence-corrected chi connectivity index (χ0v) is 14.8. The van der Waals surface area contributed by atoms with Crippen LogP contribution in [0.25, 0.3) is 10.2 Å². The average molecular weight is 388 g/mol. The van der Waals surface area contributed by atoms with Crippen molar-refractivity contribution < 1.29 is 0 Å². The summed E-state index contributed by atoms with van der Waals surface area (Å²) in [5.41, 5.74) is 4.82. The third-order valence-corrected chi connectivity index (χ3v) is 4.64. The van der Waals surface area contributed by atoms with E-state index in [0.29, 0.717) is 17.4 Å². The summed E-state index contributed by atoms with van der Waals surface area (Å²) in [6.07, 6.45) is 0.672. The lowest BCUT2D eigenvalue weighted by atomic mass is 10.3. The number of rotatable bonds is 4. The average Bonchev–Trinajstić information content (AvgIpc) is 2.99. The Morgan fingerprint density at radius 2 is 1.96 bits per heavy atom. The van der Waals surface area contributed by atoms with E-state index in [1.807, 2.05) is 55.5 Å². The number of halogens is 1. The first-order valence-electron chi connectivity index (χ1n) is 7.10. The van der Waals surface area contributed by atoms with E-state index in [-0.39, 0.29) is 0 Å². The van der Waals surface area contributed by atoms with Gasteiger partial charge in [0.2, 0.25) is 5.13 Å². The number of hydrogen-bond acceptors (Lipinski definition) is 5. The van der Waals surface area contributed by atoms with Crippen molar-refractivity contribution in [2.24, 2.45) is 15.3 Å². The number of hydrazone groups is 1. The second-order valence-corrected chi connectivity index (χ2v) is 6.50. The predicted octanol–water partition coefficient (Wildman–Crippen LogP) is 5.98. The molecule has 1 heterocycles. The van der Waals surface area contributed by atoms with E-state index >= 15 is 0 Å². The number of benzene rings is 2. The number of azo groups is 1. The summed E-state index contributed by atoms with van der Waals surface area (Å²) in [5.74, 6) is 0.611. The van der Waals surface area contributed by atoms with Gasteiger partial charge in [-0.05, 0) is 40.2 Å². The van der Waals surface area contributed by atoms with Crippen LogP contribution in [-0.2, 0) is 0 Å². The molecule has 0 amide bonds. The van der Waals surface area contributed by atoms with Crippen LogP contribution in [0.5, 0.6) is 0 Å². The standard InChI is InChI=1S/C16H14BrN5S/c1-2-15(20-19-12-8-4-3-7-11(12)17)21-22-16-18-13-9-5-6-10-14(13)23-16/h3-10,19H,2H2,1H3. The minimum absolute atomic E-state index is 0.611. The Morgan fingerprint density at radius 1 is 1.17 bits per heavy atom. The lowest BCUT2D eigenvalue weighted by molar-refractivity contribution is 1.13. The van der Waals surface area contributed by atoms with Gasteiger partial charge < -0.3 is 0 Å². The molecule has 3 aromatic rings. The Kier molecular flexibility index (Phi) is 5.09. The monoisotopic (exact) mass is 387 g/mol. The highest BCUT2D eigenvalue weighted by Crippen LogP contribution is 2.28. The highest BCUT2D eigenvalue weighted by Gasteiger charge is 2.02. The minimum atomic E-state index is 0.611. The second-order valence-electron chi connectivity index (χ2n) is 4.64. The van der Waals surface area contributed by atoms with E-state index in [9.17, 15) is 0 Å². The van der Waals surface area contributed by atoms with Crippen LogP contribution in [0.2, 0.25) is 0 Å². The van der Waals surface area contributed by atoms with Crippen LogP contribution in [0, 0.1) is 0 Å². The molecule has 7 heteroatoms. The van der Waals surface area contributed by atoms with E-state index in [4.69, 9.17) is 0 Å². The third kappa shape index (κ3) is 4.00. The molecule has 2 aromatic carbocycles. The summed E-state index contributed by atoms with van der Waals surface area (Å²) in [6, 6.07) is 15.7. The van der Waals surface area contributed by atoms with Gasteiger partial charge >= 0.3 is 0 Å². The fourth-order valence-corrected chi connectivity index (χ4v) is 3.01. The van der Waals surface area contributed by atoms with Crippen LogP contribution >= 0.6 is 27.3 Å². The first-order chi connectivity index (χ1) is 11.3. The van der Waals surface area contributed by atoms with Crippen LogP contribution in [-0.4, -0.2) is 10.8 Å². The van der Waals surface area contributed by atoms with Gasteiger partial charge in [-0.1, -0.05) is 42.5 Å². The van der Waals surface area contributed by atoms with Crippen molar-refractivity contribution in [1.82, 2.24) is 4.98 Å². The number of thiazole rings is 1. The summed E-state index contributed by atoms with van der Waals surface area (Å²) >= 11 is 4.98. The van der Waals surface area contributed by atoms with E-state index in [1.54, 1.807) is 0 Å². The molecule has 116 valence electrons. The number of aromatic nitrogens is 1. The van der Waals surface area contributed by atoms with Crippen molar-refractivity contribution >= 4 is 54.1 Å². The van der Waals surface area contributed by atoms with Crippen LogP contribution < -0.4 is 5.43 Å². The van der Waals surface area contributed by atoms with Gasteiger partial charge in [0.05, 0.1) is 15.9 Å². The van der Waals surface area contributed by atoms with Gasteiger partial charge in [0.1, 0.15) is 0 Å². The number of anilines is 1. The summed E-state index contributed by atoms with van der Waals surface area (Å²) in [4.78, 5) is 4.43. The molecule has 3 rings (SSSR count). The maximum atomic E-state index is 4.43. The molecular formula is C16H14BrN5S. The van der Waals surface area contributed by atoms with E-state index in [2.05, 4.69) is 41.7 Å². The fraction of sp³-hybridized carbons (Fsp3) is 0.125. The molecular weight excluding hydrogens is 374 g/mol. The van der Waals surface area contributed by atoms with Crippen molar-refractivity contribution in [1.29, 1.82) is 0 Å². The van der Waals surface area contributed by atoms with Gasteiger partial charge in [-0.3, -0.25) is 5.43 Å². The Hall–Kier alpha value is -2.12. The van der Waals surface area contributed by atoms with Crippen molar-refractivity contribution in [3.05, 3.63) is 53.0 Å². The van der Waals surface area contributed by atoms with Gasteiger partial charge in [-0.25, -0.2) is 4.98 Å². The predicted molar refractivity (Wildman–Crippen MR) is 99.6 cm³/mol. The molecule has 0 atom stereocenters. The Balaban J connectivity index is 1.75. The molecule has 0 aliphatic carbocycles. The molecule has 23 heavy (non-hydrogen) atoms. The van der Waals surface area contributed by atoms with Crippen molar-refractivity contribution in [3.63, 3.8) is 0 Å². The van der Waals surface area contributed by atoms with E-state index in [0.717, 1.165) is 20.4 Å². The van der Waals surface area contributed by atoms with Crippen LogP contribution in [0.3, 0.4) is 0 Å². The molecule has 0 saturated heterocycles.